The Morgan fingerprint density at radius 2 is 2.17 bits per heavy atom. The normalized spacial score (nSPS) is 18.9. The third-order valence-corrected chi connectivity index (χ3v) is 4.20. The summed E-state index contributed by atoms with van der Waals surface area (Å²) in [5.74, 6) is -0.518. The van der Waals surface area contributed by atoms with Gasteiger partial charge in [-0.15, -0.1) is 5.10 Å². The Balaban J connectivity index is 1.82. The number of nitrogens with zero attached hydrogens (tertiary/aromatic N) is 4. The van der Waals surface area contributed by atoms with Crippen LogP contribution in [0.4, 0.5) is 9.18 Å². The molecular formula is C16H20ClFN4O2. The summed E-state index contributed by atoms with van der Waals surface area (Å²) in [6.07, 6.45) is 1.35. The zero-order valence-corrected chi connectivity index (χ0v) is 14.7. The first-order valence-corrected chi connectivity index (χ1v) is 8.30. The zero-order valence-electron chi connectivity index (χ0n) is 13.9. The van der Waals surface area contributed by atoms with Crippen molar-refractivity contribution in [3.05, 3.63) is 23.0 Å². The summed E-state index contributed by atoms with van der Waals surface area (Å²) >= 11 is 5.88. The maximum atomic E-state index is 13.5. The van der Waals surface area contributed by atoms with E-state index in [0.717, 1.165) is 12.8 Å². The van der Waals surface area contributed by atoms with E-state index in [0.29, 0.717) is 24.1 Å². The van der Waals surface area contributed by atoms with Gasteiger partial charge in [-0.05, 0) is 39.7 Å². The van der Waals surface area contributed by atoms with E-state index in [4.69, 9.17) is 16.3 Å². The topological polar surface area (TPSA) is 60.2 Å². The molecule has 2 aromatic rings. The number of carbonyl (C=O) groups excluding carboxylic acids is 1. The van der Waals surface area contributed by atoms with E-state index >= 15 is 0 Å². The monoisotopic (exact) mass is 354 g/mol. The van der Waals surface area contributed by atoms with E-state index in [1.165, 1.54) is 12.1 Å². The average Bonchev–Trinajstić information content (AvgIpc) is 2.89. The molecular weight excluding hydrogens is 335 g/mol. The quantitative estimate of drug-likeness (QED) is 0.781. The smallest absolute Gasteiger partial charge is 0.410 e. The van der Waals surface area contributed by atoms with Crippen molar-refractivity contribution in [1.82, 2.24) is 19.9 Å². The summed E-state index contributed by atoms with van der Waals surface area (Å²) in [6, 6.07) is 2.76. The van der Waals surface area contributed by atoms with E-state index in [1.54, 1.807) is 9.58 Å². The fourth-order valence-corrected chi connectivity index (χ4v) is 3.01. The van der Waals surface area contributed by atoms with Crippen LogP contribution in [0.25, 0.3) is 11.0 Å². The number of carbonyl (C=O) groups is 1. The molecule has 1 aliphatic heterocycles. The minimum absolute atomic E-state index is 0.0332. The van der Waals surface area contributed by atoms with Crippen LogP contribution in [0.1, 0.15) is 39.7 Å². The summed E-state index contributed by atoms with van der Waals surface area (Å²) in [7, 11) is 0. The van der Waals surface area contributed by atoms with Gasteiger partial charge < -0.3 is 9.64 Å². The number of benzene rings is 1. The van der Waals surface area contributed by atoms with Gasteiger partial charge in [-0.1, -0.05) is 16.8 Å². The van der Waals surface area contributed by atoms with Crippen molar-refractivity contribution in [3.8, 4) is 0 Å². The van der Waals surface area contributed by atoms with Gasteiger partial charge in [0.15, 0.2) is 0 Å². The van der Waals surface area contributed by atoms with Gasteiger partial charge in [0.1, 0.15) is 16.9 Å². The Morgan fingerprint density at radius 1 is 1.42 bits per heavy atom. The molecule has 24 heavy (non-hydrogen) atoms. The SMILES string of the molecule is CC(C)(C)OC(=O)N1CCCC(n2nnc3cc(F)c(Cl)cc32)C1. The molecule has 1 amide bonds. The number of aromatic nitrogens is 3. The van der Waals surface area contributed by atoms with Crippen molar-refractivity contribution in [2.75, 3.05) is 13.1 Å². The summed E-state index contributed by atoms with van der Waals surface area (Å²) in [5, 5.41) is 8.17. The standard InChI is InChI=1S/C16H20ClFN4O2/c1-16(2,3)24-15(23)21-6-4-5-10(9-21)22-14-7-11(17)12(18)8-13(14)19-20-22/h7-8,10H,4-6,9H2,1-3H3. The molecule has 0 radical (unpaired) electrons. The number of likely N-dealkylation sites (tertiary alicyclic amines) is 1. The molecule has 1 unspecified atom stereocenters. The van der Waals surface area contributed by atoms with Crippen LogP contribution < -0.4 is 0 Å². The van der Waals surface area contributed by atoms with Crippen molar-refractivity contribution in [2.24, 2.45) is 0 Å². The van der Waals surface area contributed by atoms with Gasteiger partial charge in [0.05, 0.1) is 16.6 Å². The fourth-order valence-electron chi connectivity index (χ4n) is 2.85. The van der Waals surface area contributed by atoms with E-state index in [-0.39, 0.29) is 17.2 Å². The molecule has 2 heterocycles. The molecule has 1 fully saturated rings. The molecule has 1 saturated heterocycles. The van der Waals surface area contributed by atoms with Crippen LogP contribution in [0.2, 0.25) is 5.02 Å². The maximum Gasteiger partial charge on any atom is 0.410 e. The number of piperidine rings is 1. The molecule has 1 atom stereocenters. The first-order valence-electron chi connectivity index (χ1n) is 7.92. The van der Waals surface area contributed by atoms with Crippen LogP contribution >= 0.6 is 11.6 Å². The molecule has 0 N–H and O–H groups in total. The van der Waals surface area contributed by atoms with E-state index in [1.807, 2.05) is 20.8 Å². The second-order valence-electron chi connectivity index (χ2n) is 7.01. The lowest BCUT2D eigenvalue weighted by atomic mass is 10.1. The lowest BCUT2D eigenvalue weighted by Gasteiger charge is -2.34. The third-order valence-electron chi connectivity index (χ3n) is 3.91. The Kier molecular flexibility index (Phi) is 4.38. The van der Waals surface area contributed by atoms with E-state index in [2.05, 4.69) is 10.3 Å². The average molecular weight is 355 g/mol. The molecule has 130 valence electrons. The minimum Gasteiger partial charge on any atom is -0.444 e. The Labute approximate surface area is 144 Å². The van der Waals surface area contributed by atoms with Crippen LogP contribution in [0, 0.1) is 5.82 Å². The molecule has 0 aliphatic carbocycles. The highest BCUT2D eigenvalue weighted by Crippen LogP contribution is 2.28. The maximum absolute atomic E-state index is 13.5. The van der Waals surface area contributed by atoms with Crippen LogP contribution in [0.15, 0.2) is 12.1 Å². The molecule has 1 aromatic carbocycles. The number of hydrogen-bond donors (Lipinski definition) is 0. The van der Waals surface area contributed by atoms with Crippen molar-refractivity contribution < 1.29 is 13.9 Å². The zero-order chi connectivity index (χ0) is 17.5. The lowest BCUT2D eigenvalue weighted by Crippen LogP contribution is -2.43. The minimum atomic E-state index is -0.533. The van der Waals surface area contributed by atoms with Gasteiger partial charge in [-0.3, -0.25) is 0 Å². The summed E-state index contributed by atoms with van der Waals surface area (Å²) < 4.78 is 20.7. The van der Waals surface area contributed by atoms with Crippen molar-refractivity contribution in [1.29, 1.82) is 0 Å². The van der Waals surface area contributed by atoms with Crippen LogP contribution in [0.5, 0.6) is 0 Å². The van der Waals surface area contributed by atoms with Crippen LogP contribution in [-0.2, 0) is 4.74 Å². The molecule has 1 aliphatic rings. The van der Waals surface area contributed by atoms with Crippen LogP contribution in [-0.4, -0.2) is 44.7 Å². The molecule has 1 aromatic heterocycles. The lowest BCUT2D eigenvalue weighted by molar-refractivity contribution is 0.0168. The Hall–Kier alpha value is -1.89. The first-order chi connectivity index (χ1) is 11.2. The van der Waals surface area contributed by atoms with Gasteiger partial charge in [0, 0.05) is 19.2 Å². The Morgan fingerprint density at radius 3 is 2.88 bits per heavy atom. The number of ether oxygens (including phenoxy) is 1. The molecule has 8 heteroatoms. The van der Waals surface area contributed by atoms with Crippen molar-refractivity contribution >= 4 is 28.7 Å². The van der Waals surface area contributed by atoms with Gasteiger partial charge >= 0.3 is 6.09 Å². The molecule has 0 spiro atoms. The number of fused-ring (bicyclic) bond motifs is 1. The number of hydrogen-bond acceptors (Lipinski definition) is 4. The summed E-state index contributed by atoms with van der Waals surface area (Å²) in [5.41, 5.74) is 0.582. The highest BCUT2D eigenvalue weighted by molar-refractivity contribution is 6.31. The predicted molar refractivity (Wildman–Crippen MR) is 88.6 cm³/mol. The second-order valence-corrected chi connectivity index (χ2v) is 7.42. The highest BCUT2D eigenvalue weighted by atomic mass is 35.5. The fraction of sp³-hybridized carbons (Fsp3) is 0.562. The molecule has 0 bridgehead atoms. The number of amides is 1. The second kappa shape index (κ2) is 6.20. The van der Waals surface area contributed by atoms with Crippen LogP contribution in [0.3, 0.4) is 0 Å². The van der Waals surface area contributed by atoms with E-state index in [9.17, 15) is 9.18 Å². The third kappa shape index (κ3) is 3.45. The van der Waals surface area contributed by atoms with Gasteiger partial charge in [-0.2, -0.15) is 0 Å². The van der Waals surface area contributed by atoms with E-state index < -0.39 is 11.4 Å². The highest BCUT2D eigenvalue weighted by Gasteiger charge is 2.29. The van der Waals surface area contributed by atoms with Gasteiger partial charge in [-0.25, -0.2) is 13.9 Å². The number of halogens is 2. The molecule has 3 rings (SSSR count). The Bertz CT molecular complexity index is 771. The van der Waals surface area contributed by atoms with Gasteiger partial charge in [0.2, 0.25) is 0 Å². The first kappa shape index (κ1) is 17.0. The molecule has 6 nitrogen and oxygen atoms in total. The van der Waals surface area contributed by atoms with Gasteiger partial charge in [0.25, 0.3) is 0 Å². The summed E-state index contributed by atoms with van der Waals surface area (Å²) in [4.78, 5) is 14.0. The largest absolute Gasteiger partial charge is 0.444 e. The summed E-state index contributed by atoms with van der Waals surface area (Å²) in [6.45, 7) is 6.64. The van der Waals surface area contributed by atoms with Crippen molar-refractivity contribution in [3.63, 3.8) is 0 Å². The van der Waals surface area contributed by atoms with Crippen molar-refractivity contribution in [2.45, 2.75) is 45.3 Å². The molecule has 0 saturated carbocycles. The predicted octanol–water partition coefficient (Wildman–Crippen LogP) is 3.80. The number of rotatable bonds is 1.